The highest BCUT2D eigenvalue weighted by Crippen LogP contribution is 2.48. The van der Waals surface area contributed by atoms with E-state index >= 15 is 0 Å². The number of nitrogens with zero attached hydrogens (tertiary/aromatic N) is 1. The summed E-state index contributed by atoms with van der Waals surface area (Å²) in [6.45, 7) is 4.11. The van der Waals surface area contributed by atoms with Crippen molar-refractivity contribution < 1.29 is 9.53 Å². The molecule has 4 nitrogen and oxygen atoms in total. The van der Waals surface area contributed by atoms with E-state index in [4.69, 9.17) is 10.5 Å². The summed E-state index contributed by atoms with van der Waals surface area (Å²) < 4.78 is 5.48. The number of carbonyl (C=O) groups excluding carboxylic acids is 1. The second-order valence-corrected chi connectivity index (χ2v) is 6.80. The SMILES string of the molecule is CCN(CC1CC1)c1sc(C(=O)C2CC2)c(N)c1OC. The summed E-state index contributed by atoms with van der Waals surface area (Å²) >= 11 is 1.52. The minimum Gasteiger partial charge on any atom is -0.492 e. The maximum atomic E-state index is 12.3. The highest BCUT2D eigenvalue weighted by molar-refractivity contribution is 7.19. The zero-order valence-corrected chi connectivity index (χ0v) is 13.0. The maximum Gasteiger partial charge on any atom is 0.178 e. The fourth-order valence-electron chi connectivity index (χ4n) is 2.50. The van der Waals surface area contributed by atoms with Crippen molar-refractivity contribution in [3.8, 4) is 5.75 Å². The van der Waals surface area contributed by atoms with Gasteiger partial charge in [-0.05, 0) is 38.5 Å². The first kappa shape index (κ1) is 13.7. The smallest absolute Gasteiger partial charge is 0.178 e. The number of nitrogens with two attached hydrogens (primary N) is 1. The number of hydrogen-bond donors (Lipinski definition) is 1. The molecule has 20 heavy (non-hydrogen) atoms. The Hall–Kier alpha value is -1.23. The first-order valence-corrected chi connectivity index (χ1v) is 8.22. The van der Waals surface area contributed by atoms with Crippen molar-refractivity contribution in [3.05, 3.63) is 4.88 Å². The summed E-state index contributed by atoms with van der Waals surface area (Å²) in [7, 11) is 1.64. The van der Waals surface area contributed by atoms with Crippen LogP contribution in [0.15, 0.2) is 0 Å². The second-order valence-electron chi connectivity index (χ2n) is 5.80. The van der Waals surface area contributed by atoms with Crippen molar-refractivity contribution in [1.82, 2.24) is 0 Å². The Balaban J connectivity index is 1.91. The van der Waals surface area contributed by atoms with E-state index in [1.54, 1.807) is 7.11 Å². The largest absolute Gasteiger partial charge is 0.492 e. The minimum absolute atomic E-state index is 0.201. The van der Waals surface area contributed by atoms with Crippen molar-refractivity contribution in [3.63, 3.8) is 0 Å². The van der Waals surface area contributed by atoms with Gasteiger partial charge in [-0.1, -0.05) is 0 Å². The van der Waals surface area contributed by atoms with Gasteiger partial charge < -0.3 is 15.4 Å². The predicted octanol–water partition coefficient (Wildman–Crippen LogP) is 3.17. The third kappa shape index (κ3) is 2.51. The second kappa shape index (κ2) is 5.28. The minimum atomic E-state index is 0.201. The van der Waals surface area contributed by atoms with Gasteiger partial charge in [-0.25, -0.2) is 0 Å². The van der Waals surface area contributed by atoms with E-state index < -0.39 is 0 Å². The van der Waals surface area contributed by atoms with Crippen LogP contribution in [0.5, 0.6) is 5.75 Å². The van der Waals surface area contributed by atoms with Crippen LogP contribution >= 0.6 is 11.3 Å². The molecule has 0 aromatic carbocycles. The molecule has 0 unspecified atom stereocenters. The zero-order valence-electron chi connectivity index (χ0n) is 12.1. The number of nitrogen functional groups attached to an aromatic ring is 1. The number of hydrogen-bond acceptors (Lipinski definition) is 5. The number of ketones is 1. The standard InChI is InChI=1S/C15H22N2O2S/c1-3-17(8-9-4-5-9)15-13(19-2)11(16)14(20-15)12(18)10-6-7-10/h9-10H,3-8,16H2,1-2H3. The molecular formula is C15H22N2O2S. The molecular weight excluding hydrogens is 272 g/mol. The van der Waals surface area contributed by atoms with Crippen LogP contribution in [0, 0.1) is 11.8 Å². The number of rotatable bonds is 7. The molecule has 0 bridgehead atoms. The van der Waals surface area contributed by atoms with Crippen molar-refractivity contribution in [2.24, 2.45) is 11.8 Å². The quantitative estimate of drug-likeness (QED) is 0.785. The molecule has 2 N–H and O–H groups in total. The Morgan fingerprint density at radius 2 is 2.10 bits per heavy atom. The molecule has 1 heterocycles. The van der Waals surface area contributed by atoms with Gasteiger partial charge in [-0.3, -0.25) is 4.79 Å². The van der Waals surface area contributed by atoms with E-state index in [9.17, 15) is 4.79 Å². The number of thiophene rings is 1. The molecule has 2 fully saturated rings. The van der Waals surface area contributed by atoms with Gasteiger partial charge >= 0.3 is 0 Å². The fourth-order valence-corrected chi connectivity index (χ4v) is 3.79. The fraction of sp³-hybridized carbons (Fsp3) is 0.667. The molecule has 3 rings (SSSR count). The van der Waals surface area contributed by atoms with Gasteiger partial charge in [0, 0.05) is 19.0 Å². The molecule has 0 spiro atoms. The normalized spacial score (nSPS) is 18.1. The van der Waals surface area contributed by atoms with E-state index in [1.165, 1.54) is 24.2 Å². The van der Waals surface area contributed by atoms with E-state index in [-0.39, 0.29) is 11.7 Å². The predicted molar refractivity (Wildman–Crippen MR) is 82.9 cm³/mol. The summed E-state index contributed by atoms with van der Waals surface area (Å²) in [5, 5.41) is 1.03. The van der Waals surface area contributed by atoms with Crippen molar-refractivity contribution in [2.75, 3.05) is 30.8 Å². The van der Waals surface area contributed by atoms with Crippen molar-refractivity contribution >= 4 is 27.8 Å². The van der Waals surface area contributed by atoms with Gasteiger partial charge in [0.1, 0.15) is 5.00 Å². The molecule has 2 aliphatic rings. The lowest BCUT2D eigenvalue weighted by Gasteiger charge is -2.22. The average molecular weight is 294 g/mol. The molecule has 110 valence electrons. The van der Waals surface area contributed by atoms with Gasteiger partial charge in [-0.2, -0.15) is 0 Å². The zero-order chi connectivity index (χ0) is 14.3. The van der Waals surface area contributed by atoms with Gasteiger partial charge in [-0.15, -0.1) is 11.3 Å². The van der Waals surface area contributed by atoms with Crippen LogP contribution in [-0.4, -0.2) is 26.0 Å². The molecule has 2 aliphatic carbocycles. The summed E-state index contributed by atoms with van der Waals surface area (Å²) in [6.07, 6.45) is 4.64. The van der Waals surface area contributed by atoms with Gasteiger partial charge in [0.25, 0.3) is 0 Å². The number of Topliss-reactive ketones (excluding diaryl/α,β-unsaturated/α-hetero) is 1. The molecule has 0 amide bonds. The monoisotopic (exact) mass is 294 g/mol. The third-order valence-corrected chi connectivity index (χ3v) is 5.36. The van der Waals surface area contributed by atoms with E-state index in [2.05, 4.69) is 11.8 Å². The summed E-state index contributed by atoms with van der Waals surface area (Å²) in [4.78, 5) is 15.3. The van der Waals surface area contributed by atoms with Crippen LogP contribution < -0.4 is 15.4 Å². The number of methoxy groups -OCH3 is 1. The average Bonchev–Trinajstić information content (AvgIpc) is 3.34. The first-order chi connectivity index (χ1) is 9.65. The third-order valence-electron chi connectivity index (χ3n) is 4.10. The maximum absolute atomic E-state index is 12.3. The molecule has 0 aliphatic heterocycles. The highest BCUT2D eigenvalue weighted by atomic mass is 32.1. The molecule has 0 saturated heterocycles. The van der Waals surface area contributed by atoms with Gasteiger partial charge in [0.05, 0.1) is 17.7 Å². The van der Waals surface area contributed by atoms with Crippen LogP contribution in [0.3, 0.4) is 0 Å². The number of anilines is 2. The Morgan fingerprint density at radius 3 is 2.60 bits per heavy atom. The van der Waals surface area contributed by atoms with E-state index in [1.807, 2.05) is 0 Å². The van der Waals surface area contributed by atoms with Crippen molar-refractivity contribution in [1.29, 1.82) is 0 Å². The Kier molecular flexibility index (Phi) is 3.63. The van der Waals surface area contributed by atoms with Crippen LogP contribution in [0.1, 0.15) is 42.3 Å². The molecule has 0 atom stereocenters. The van der Waals surface area contributed by atoms with Crippen LogP contribution in [0.2, 0.25) is 0 Å². The number of ether oxygens (including phenoxy) is 1. The lowest BCUT2D eigenvalue weighted by atomic mass is 10.2. The summed E-state index contributed by atoms with van der Waals surface area (Å²) in [5.41, 5.74) is 6.70. The molecule has 0 radical (unpaired) electrons. The number of carbonyl (C=O) groups is 1. The lowest BCUT2D eigenvalue weighted by molar-refractivity contribution is 0.0972. The van der Waals surface area contributed by atoms with Gasteiger partial charge in [0.15, 0.2) is 11.5 Å². The Morgan fingerprint density at radius 1 is 1.40 bits per heavy atom. The van der Waals surface area contributed by atoms with E-state index in [0.29, 0.717) is 16.3 Å². The van der Waals surface area contributed by atoms with Gasteiger partial charge in [0.2, 0.25) is 0 Å². The van der Waals surface area contributed by atoms with Crippen molar-refractivity contribution in [2.45, 2.75) is 32.6 Å². The summed E-state index contributed by atoms with van der Waals surface area (Å²) in [5.74, 6) is 1.90. The first-order valence-electron chi connectivity index (χ1n) is 7.41. The topological polar surface area (TPSA) is 55.6 Å². The Bertz CT molecular complexity index is 518. The lowest BCUT2D eigenvalue weighted by Crippen LogP contribution is -2.24. The molecule has 1 aromatic rings. The van der Waals surface area contributed by atoms with Crippen LogP contribution in [0.25, 0.3) is 0 Å². The molecule has 1 aromatic heterocycles. The van der Waals surface area contributed by atoms with E-state index in [0.717, 1.165) is 36.9 Å². The van der Waals surface area contributed by atoms with Crippen LogP contribution in [0.4, 0.5) is 10.7 Å². The molecule has 5 heteroatoms. The Labute approximate surface area is 123 Å². The molecule has 2 saturated carbocycles. The summed E-state index contributed by atoms with van der Waals surface area (Å²) in [6, 6.07) is 0. The highest BCUT2D eigenvalue weighted by Gasteiger charge is 2.35. The van der Waals surface area contributed by atoms with Crippen LogP contribution in [-0.2, 0) is 0 Å².